The average Bonchev–Trinajstić information content (AvgIpc) is 2.26. The van der Waals surface area contributed by atoms with Crippen LogP contribution in [-0.4, -0.2) is 18.3 Å². The Labute approximate surface area is 114 Å². The van der Waals surface area contributed by atoms with Gasteiger partial charge in [0.05, 0.1) is 5.92 Å². The van der Waals surface area contributed by atoms with Gasteiger partial charge >= 0.3 is 6.18 Å². The van der Waals surface area contributed by atoms with Crippen molar-refractivity contribution >= 4 is 0 Å². The summed E-state index contributed by atoms with van der Waals surface area (Å²) >= 11 is 0. The Balaban J connectivity index is 1.76. The van der Waals surface area contributed by atoms with Crippen molar-refractivity contribution in [3.8, 4) is 0 Å². The zero-order chi connectivity index (χ0) is 14.0. The summed E-state index contributed by atoms with van der Waals surface area (Å²) in [6, 6.07) is 0.826. The number of halogens is 3. The predicted octanol–water partition coefficient (Wildman–Crippen LogP) is 4.52. The monoisotopic (exact) mass is 277 g/mol. The molecule has 0 heterocycles. The Bertz CT molecular complexity index is 272. The highest BCUT2D eigenvalue weighted by Gasteiger charge is 2.41. The maximum absolute atomic E-state index is 12.6. The van der Waals surface area contributed by atoms with E-state index in [-0.39, 0.29) is 0 Å². The van der Waals surface area contributed by atoms with Gasteiger partial charge in [0.2, 0.25) is 0 Å². The summed E-state index contributed by atoms with van der Waals surface area (Å²) in [5, 5.41) is 3.62. The van der Waals surface area contributed by atoms with Crippen LogP contribution >= 0.6 is 0 Å². The van der Waals surface area contributed by atoms with Crippen LogP contribution in [0, 0.1) is 17.8 Å². The molecule has 0 aromatic rings. The van der Waals surface area contributed by atoms with Gasteiger partial charge in [-0.05, 0) is 56.8 Å². The van der Waals surface area contributed by atoms with Crippen molar-refractivity contribution in [3.63, 3.8) is 0 Å². The van der Waals surface area contributed by atoms with E-state index in [0.717, 1.165) is 11.8 Å². The number of rotatable bonds is 2. The van der Waals surface area contributed by atoms with Crippen molar-refractivity contribution in [2.45, 2.75) is 77.1 Å². The van der Waals surface area contributed by atoms with Crippen molar-refractivity contribution in [2.75, 3.05) is 0 Å². The highest BCUT2D eigenvalue weighted by Crippen LogP contribution is 2.38. The summed E-state index contributed by atoms with van der Waals surface area (Å²) in [4.78, 5) is 0. The summed E-state index contributed by atoms with van der Waals surface area (Å²) < 4.78 is 37.8. The molecular weight excluding hydrogens is 251 g/mol. The Kier molecular flexibility index (Phi) is 4.80. The van der Waals surface area contributed by atoms with Crippen LogP contribution in [0.4, 0.5) is 13.2 Å². The lowest BCUT2D eigenvalue weighted by Crippen LogP contribution is -2.45. The molecule has 2 fully saturated rings. The summed E-state index contributed by atoms with van der Waals surface area (Å²) in [5.41, 5.74) is 0. The second kappa shape index (κ2) is 6.02. The summed E-state index contributed by atoms with van der Waals surface area (Å²) in [6.45, 7) is 4.57. The van der Waals surface area contributed by atoms with E-state index in [4.69, 9.17) is 0 Å². The van der Waals surface area contributed by atoms with Gasteiger partial charge in [-0.1, -0.05) is 13.8 Å². The molecule has 0 amide bonds. The highest BCUT2D eigenvalue weighted by atomic mass is 19.4. The number of hydrogen-bond acceptors (Lipinski definition) is 1. The second-order valence-electron chi connectivity index (χ2n) is 6.87. The van der Waals surface area contributed by atoms with Crippen molar-refractivity contribution < 1.29 is 13.2 Å². The molecule has 1 nitrogen and oxygen atoms in total. The standard InChI is InChI=1S/C15H26F3N/c1-10-7-11(2)9-14(8-10)19-13-5-3-12(4-6-13)15(16,17)18/h10-14,19H,3-9H2,1-2H3. The molecule has 19 heavy (non-hydrogen) atoms. The molecule has 1 N–H and O–H groups in total. The lowest BCUT2D eigenvalue weighted by molar-refractivity contribution is -0.182. The van der Waals surface area contributed by atoms with E-state index >= 15 is 0 Å². The van der Waals surface area contributed by atoms with Crippen LogP contribution in [-0.2, 0) is 0 Å². The number of hydrogen-bond donors (Lipinski definition) is 1. The van der Waals surface area contributed by atoms with Gasteiger partial charge < -0.3 is 5.32 Å². The van der Waals surface area contributed by atoms with Gasteiger partial charge in [0, 0.05) is 12.1 Å². The molecule has 2 unspecified atom stereocenters. The smallest absolute Gasteiger partial charge is 0.311 e. The Morgan fingerprint density at radius 3 is 1.79 bits per heavy atom. The van der Waals surface area contributed by atoms with Gasteiger partial charge in [-0.15, -0.1) is 0 Å². The molecule has 0 saturated heterocycles. The average molecular weight is 277 g/mol. The first-order valence-corrected chi connectivity index (χ1v) is 7.67. The molecule has 112 valence electrons. The molecule has 4 heteroatoms. The molecule has 2 atom stereocenters. The number of nitrogens with one attached hydrogen (secondary N) is 1. The van der Waals surface area contributed by atoms with Crippen molar-refractivity contribution in [1.82, 2.24) is 5.32 Å². The zero-order valence-electron chi connectivity index (χ0n) is 12.0. The quantitative estimate of drug-likeness (QED) is 0.782. The minimum Gasteiger partial charge on any atom is -0.311 e. The van der Waals surface area contributed by atoms with E-state index in [1.54, 1.807) is 0 Å². The van der Waals surface area contributed by atoms with E-state index in [1.807, 2.05) is 0 Å². The molecule has 2 saturated carbocycles. The first-order valence-electron chi connectivity index (χ1n) is 7.67. The molecule has 0 aliphatic heterocycles. The van der Waals surface area contributed by atoms with Crippen LogP contribution in [0.1, 0.15) is 58.8 Å². The molecule has 2 aliphatic carbocycles. The third-order valence-corrected chi connectivity index (χ3v) is 4.84. The van der Waals surface area contributed by atoms with E-state index in [0.29, 0.717) is 37.8 Å². The van der Waals surface area contributed by atoms with Gasteiger partial charge in [-0.2, -0.15) is 13.2 Å². The van der Waals surface area contributed by atoms with Crippen LogP contribution < -0.4 is 5.32 Å². The van der Waals surface area contributed by atoms with Crippen LogP contribution in [0.5, 0.6) is 0 Å². The first-order chi connectivity index (χ1) is 8.84. The molecule has 0 spiro atoms. The van der Waals surface area contributed by atoms with Crippen molar-refractivity contribution in [3.05, 3.63) is 0 Å². The van der Waals surface area contributed by atoms with E-state index in [9.17, 15) is 13.2 Å². The van der Waals surface area contributed by atoms with Crippen LogP contribution in [0.3, 0.4) is 0 Å². The lowest BCUT2D eigenvalue weighted by Gasteiger charge is -2.37. The fourth-order valence-electron chi connectivity index (χ4n) is 4.00. The van der Waals surface area contributed by atoms with Crippen LogP contribution in [0.25, 0.3) is 0 Å². The minimum absolute atomic E-state index is 0.305. The normalized spacial score (nSPS) is 41.2. The second-order valence-corrected chi connectivity index (χ2v) is 6.87. The Morgan fingerprint density at radius 2 is 1.32 bits per heavy atom. The largest absolute Gasteiger partial charge is 0.391 e. The molecular formula is C15H26F3N. The zero-order valence-corrected chi connectivity index (χ0v) is 12.0. The summed E-state index contributed by atoms with van der Waals surface area (Å²) in [6.07, 6.45) is 1.65. The SMILES string of the molecule is CC1CC(C)CC(NC2CCC(C(F)(F)F)CC2)C1. The lowest BCUT2D eigenvalue weighted by atomic mass is 9.79. The minimum atomic E-state index is -3.99. The number of alkyl halides is 3. The Hall–Kier alpha value is -0.250. The maximum Gasteiger partial charge on any atom is 0.391 e. The third kappa shape index (κ3) is 4.37. The van der Waals surface area contributed by atoms with Gasteiger partial charge in [-0.3, -0.25) is 0 Å². The molecule has 2 aliphatic rings. The molecule has 0 aromatic heterocycles. The third-order valence-electron chi connectivity index (χ3n) is 4.84. The van der Waals surface area contributed by atoms with E-state index < -0.39 is 12.1 Å². The van der Waals surface area contributed by atoms with Gasteiger partial charge in [-0.25, -0.2) is 0 Å². The molecule has 2 rings (SSSR count). The van der Waals surface area contributed by atoms with Crippen LogP contribution in [0.15, 0.2) is 0 Å². The van der Waals surface area contributed by atoms with Gasteiger partial charge in [0.25, 0.3) is 0 Å². The predicted molar refractivity (Wildman–Crippen MR) is 70.9 cm³/mol. The van der Waals surface area contributed by atoms with Crippen molar-refractivity contribution in [2.24, 2.45) is 17.8 Å². The first kappa shape index (κ1) is 15.1. The van der Waals surface area contributed by atoms with Crippen molar-refractivity contribution in [1.29, 1.82) is 0 Å². The topological polar surface area (TPSA) is 12.0 Å². The van der Waals surface area contributed by atoms with E-state index in [2.05, 4.69) is 19.2 Å². The maximum atomic E-state index is 12.6. The Morgan fingerprint density at radius 1 is 0.789 bits per heavy atom. The molecule has 0 radical (unpaired) electrons. The fraction of sp³-hybridized carbons (Fsp3) is 1.00. The van der Waals surface area contributed by atoms with Gasteiger partial charge in [0.15, 0.2) is 0 Å². The summed E-state index contributed by atoms with van der Waals surface area (Å²) in [7, 11) is 0. The van der Waals surface area contributed by atoms with Gasteiger partial charge in [0.1, 0.15) is 0 Å². The van der Waals surface area contributed by atoms with Crippen LogP contribution in [0.2, 0.25) is 0 Å². The fourth-order valence-corrected chi connectivity index (χ4v) is 4.00. The summed E-state index contributed by atoms with van der Waals surface area (Å²) in [5.74, 6) is 0.426. The molecule has 0 bridgehead atoms. The molecule has 0 aromatic carbocycles. The highest BCUT2D eigenvalue weighted by molar-refractivity contribution is 4.86. The van der Waals surface area contributed by atoms with E-state index in [1.165, 1.54) is 19.3 Å².